The monoisotopic (exact) mass is 491 g/mol. The molecule has 0 aromatic heterocycles. The van der Waals surface area contributed by atoms with Crippen LogP contribution in [0.5, 0.6) is 0 Å². The van der Waals surface area contributed by atoms with Crippen LogP contribution < -0.4 is 16.5 Å². The van der Waals surface area contributed by atoms with E-state index in [-0.39, 0.29) is 25.0 Å². The minimum atomic E-state index is -1.17. The van der Waals surface area contributed by atoms with Crippen LogP contribution in [0.1, 0.15) is 31.4 Å². The average Bonchev–Trinajstić information content (AvgIpc) is 3.18. The molecule has 2 aliphatic heterocycles. The number of carbonyl (C=O) groups excluding carboxylic acids is 3. The van der Waals surface area contributed by atoms with Gasteiger partial charge in [0.25, 0.3) is 5.91 Å². The minimum absolute atomic E-state index is 0.0229. The van der Waals surface area contributed by atoms with Crippen molar-refractivity contribution in [3.05, 3.63) is 71.8 Å². The molecule has 2 aromatic rings. The van der Waals surface area contributed by atoms with Crippen molar-refractivity contribution >= 4 is 23.4 Å². The Labute approximate surface area is 211 Å². The van der Waals surface area contributed by atoms with Crippen LogP contribution in [-0.2, 0) is 32.1 Å². The summed E-state index contributed by atoms with van der Waals surface area (Å²) in [6, 6.07) is 18.3. The van der Waals surface area contributed by atoms with Gasteiger partial charge in [-0.1, -0.05) is 60.7 Å². The number of nitrogens with one attached hydrogen (secondary N) is 2. The predicted octanol–water partition coefficient (Wildman–Crippen LogP) is 1.37. The highest BCUT2D eigenvalue weighted by molar-refractivity contribution is 6.13. The van der Waals surface area contributed by atoms with Crippen LogP contribution in [0.25, 0.3) is 0 Å². The highest BCUT2D eigenvalue weighted by atomic mass is 16.5. The molecule has 190 valence electrons. The number of hydrazone groups is 1. The lowest BCUT2D eigenvalue weighted by atomic mass is 9.73. The van der Waals surface area contributed by atoms with Gasteiger partial charge in [-0.05, 0) is 31.4 Å². The first kappa shape index (κ1) is 25.5. The Balaban J connectivity index is 1.52. The highest BCUT2D eigenvalue weighted by Gasteiger charge is 2.52. The van der Waals surface area contributed by atoms with Crippen molar-refractivity contribution in [2.75, 3.05) is 19.7 Å². The molecule has 4 N–H and O–H groups in total. The second kappa shape index (κ2) is 10.6. The van der Waals surface area contributed by atoms with Crippen molar-refractivity contribution in [2.45, 2.75) is 44.9 Å². The van der Waals surface area contributed by atoms with E-state index in [1.165, 1.54) is 0 Å². The summed E-state index contributed by atoms with van der Waals surface area (Å²) in [6.07, 6.45) is 0.894. The Morgan fingerprint density at radius 3 is 2.42 bits per heavy atom. The second-order valence-electron chi connectivity index (χ2n) is 10.0. The number of hydrogen-bond acceptors (Lipinski definition) is 6. The molecule has 9 nitrogen and oxygen atoms in total. The second-order valence-corrected chi connectivity index (χ2v) is 10.0. The number of nitrogens with zero attached hydrogens (tertiary/aromatic N) is 2. The molecule has 2 atom stereocenters. The number of ether oxygens (including phenoxy) is 1. The fraction of sp³-hybridized carbons (Fsp3) is 0.407. The normalized spacial score (nSPS) is 20.2. The van der Waals surface area contributed by atoms with Crippen molar-refractivity contribution < 1.29 is 19.1 Å². The zero-order valence-corrected chi connectivity index (χ0v) is 20.7. The number of amides is 3. The number of rotatable bonds is 9. The van der Waals surface area contributed by atoms with E-state index in [2.05, 4.69) is 15.8 Å². The first-order valence-corrected chi connectivity index (χ1v) is 12.1. The third-order valence-electron chi connectivity index (χ3n) is 6.60. The molecule has 4 rings (SSSR count). The number of nitrogens with two attached hydrogens (primary N) is 1. The van der Waals surface area contributed by atoms with Crippen LogP contribution in [0.15, 0.2) is 65.8 Å². The van der Waals surface area contributed by atoms with Gasteiger partial charge < -0.3 is 20.7 Å². The van der Waals surface area contributed by atoms with Crippen LogP contribution >= 0.6 is 0 Å². The molecule has 0 bridgehead atoms. The van der Waals surface area contributed by atoms with Crippen LogP contribution in [0.4, 0.5) is 0 Å². The SMILES string of the molecule is CC(C)(N)C(=O)N[C@H](COCc1ccccc1)C(=O)N1CCC2=NNC(=O)[C@]2(Cc2ccccc2)C1. The van der Waals surface area contributed by atoms with Gasteiger partial charge in [0.05, 0.1) is 24.5 Å². The number of benzene rings is 2. The first-order valence-electron chi connectivity index (χ1n) is 12.1. The van der Waals surface area contributed by atoms with Gasteiger partial charge in [0.1, 0.15) is 11.5 Å². The quantitative estimate of drug-likeness (QED) is 0.489. The summed E-state index contributed by atoms with van der Waals surface area (Å²) in [5.41, 5.74) is 9.17. The third kappa shape index (κ3) is 5.63. The molecule has 36 heavy (non-hydrogen) atoms. The minimum Gasteiger partial charge on any atom is -0.374 e. The van der Waals surface area contributed by atoms with Gasteiger partial charge in [-0.15, -0.1) is 0 Å². The first-order chi connectivity index (χ1) is 17.2. The maximum atomic E-state index is 13.7. The van der Waals surface area contributed by atoms with Crippen LogP contribution in [0, 0.1) is 5.41 Å². The van der Waals surface area contributed by atoms with Gasteiger partial charge in [0.15, 0.2) is 0 Å². The molecular weight excluding hydrogens is 458 g/mol. The number of likely N-dealkylation sites (tertiary alicyclic amines) is 1. The largest absolute Gasteiger partial charge is 0.374 e. The summed E-state index contributed by atoms with van der Waals surface area (Å²) in [5.74, 6) is -0.990. The predicted molar refractivity (Wildman–Crippen MR) is 136 cm³/mol. The van der Waals surface area contributed by atoms with Crippen LogP contribution in [-0.4, -0.2) is 59.6 Å². The molecule has 3 amide bonds. The molecular formula is C27H33N5O4. The molecule has 2 aromatic carbocycles. The Morgan fingerprint density at radius 2 is 1.78 bits per heavy atom. The van der Waals surface area contributed by atoms with E-state index in [1.54, 1.807) is 18.7 Å². The van der Waals surface area contributed by atoms with Gasteiger partial charge in [0.2, 0.25) is 11.8 Å². The van der Waals surface area contributed by atoms with Gasteiger partial charge in [-0.25, -0.2) is 5.43 Å². The van der Waals surface area contributed by atoms with Gasteiger partial charge in [-0.2, -0.15) is 5.10 Å². The summed E-state index contributed by atoms with van der Waals surface area (Å²) < 4.78 is 5.83. The summed E-state index contributed by atoms with van der Waals surface area (Å²) in [6.45, 7) is 3.99. The van der Waals surface area contributed by atoms with E-state index in [0.717, 1.165) is 16.8 Å². The maximum absolute atomic E-state index is 13.7. The third-order valence-corrected chi connectivity index (χ3v) is 6.60. The van der Waals surface area contributed by atoms with E-state index in [4.69, 9.17) is 10.5 Å². The van der Waals surface area contributed by atoms with Gasteiger partial charge in [-0.3, -0.25) is 14.4 Å². The zero-order valence-electron chi connectivity index (χ0n) is 20.7. The Kier molecular flexibility index (Phi) is 7.51. The molecule has 1 fully saturated rings. The van der Waals surface area contributed by atoms with E-state index >= 15 is 0 Å². The zero-order chi connectivity index (χ0) is 25.8. The molecule has 9 heteroatoms. The van der Waals surface area contributed by atoms with E-state index < -0.39 is 22.9 Å². The lowest BCUT2D eigenvalue weighted by Crippen LogP contribution is -2.61. The molecule has 0 unspecified atom stereocenters. The van der Waals surface area contributed by atoms with Crippen molar-refractivity contribution in [3.8, 4) is 0 Å². The summed E-state index contributed by atoms with van der Waals surface area (Å²) >= 11 is 0. The summed E-state index contributed by atoms with van der Waals surface area (Å²) in [4.78, 5) is 41.1. The molecule has 2 aliphatic rings. The molecule has 0 spiro atoms. The Morgan fingerprint density at radius 1 is 1.14 bits per heavy atom. The molecule has 2 heterocycles. The van der Waals surface area contributed by atoms with E-state index in [9.17, 15) is 14.4 Å². The standard InChI is InChI=1S/C27H33N5O4/c1-26(2,28)24(34)29-21(17-36-16-20-11-7-4-8-12-20)23(33)32-14-13-22-27(18-32,25(35)31-30-22)15-19-9-5-3-6-10-19/h3-12,21H,13-18,28H2,1-2H3,(H,29,34)(H,31,35)/t21-,27-/m1/s1. The van der Waals surface area contributed by atoms with Crippen LogP contribution in [0.3, 0.4) is 0 Å². The van der Waals surface area contributed by atoms with Crippen molar-refractivity contribution in [3.63, 3.8) is 0 Å². The lowest BCUT2D eigenvalue weighted by Gasteiger charge is -2.40. The maximum Gasteiger partial charge on any atom is 0.254 e. The fourth-order valence-corrected chi connectivity index (χ4v) is 4.55. The van der Waals surface area contributed by atoms with E-state index in [1.807, 2.05) is 60.7 Å². The molecule has 1 saturated heterocycles. The Bertz CT molecular complexity index is 1130. The molecule has 0 saturated carbocycles. The van der Waals surface area contributed by atoms with E-state index in [0.29, 0.717) is 26.0 Å². The number of hydrogen-bond donors (Lipinski definition) is 3. The smallest absolute Gasteiger partial charge is 0.254 e. The molecule has 0 aliphatic carbocycles. The van der Waals surface area contributed by atoms with Crippen molar-refractivity contribution in [2.24, 2.45) is 16.3 Å². The average molecular weight is 492 g/mol. The molecule has 0 radical (unpaired) electrons. The fourth-order valence-electron chi connectivity index (χ4n) is 4.55. The number of piperidine rings is 1. The number of carbonyl (C=O) groups is 3. The van der Waals surface area contributed by atoms with Gasteiger partial charge >= 0.3 is 0 Å². The lowest BCUT2D eigenvalue weighted by molar-refractivity contribution is -0.142. The van der Waals surface area contributed by atoms with Gasteiger partial charge in [0, 0.05) is 19.5 Å². The topological polar surface area (TPSA) is 126 Å². The Hall–Kier alpha value is -3.56. The summed E-state index contributed by atoms with van der Waals surface area (Å²) in [5, 5.41) is 7.04. The summed E-state index contributed by atoms with van der Waals surface area (Å²) in [7, 11) is 0. The van der Waals surface area contributed by atoms with Crippen molar-refractivity contribution in [1.82, 2.24) is 15.6 Å². The highest BCUT2D eigenvalue weighted by Crippen LogP contribution is 2.35. The van der Waals surface area contributed by atoms with Crippen LogP contribution in [0.2, 0.25) is 0 Å². The number of fused-ring (bicyclic) bond motifs is 1. The van der Waals surface area contributed by atoms with Crippen molar-refractivity contribution in [1.29, 1.82) is 0 Å².